The number of carbonyl (C=O) groups is 1. The molecule has 1 rings (SSSR count). The van der Waals surface area contributed by atoms with E-state index in [0.29, 0.717) is 13.0 Å². The van der Waals surface area contributed by atoms with Crippen LogP contribution in [0.2, 0.25) is 0 Å². The van der Waals surface area contributed by atoms with E-state index in [1.807, 2.05) is 0 Å². The molecule has 1 atom stereocenters. The number of amides is 1. The Hall–Kier alpha value is -0.810. The SMILES string of the molecule is O=C1NCCC(C(O)O)O1. The van der Waals surface area contributed by atoms with E-state index in [9.17, 15) is 4.79 Å². The Morgan fingerprint density at radius 2 is 2.40 bits per heavy atom. The third-order valence-corrected chi connectivity index (χ3v) is 1.29. The highest BCUT2D eigenvalue weighted by Crippen LogP contribution is 2.06. The van der Waals surface area contributed by atoms with Crippen LogP contribution in [0.3, 0.4) is 0 Å². The van der Waals surface area contributed by atoms with Crippen LogP contribution in [-0.2, 0) is 4.74 Å². The van der Waals surface area contributed by atoms with E-state index in [1.54, 1.807) is 0 Å². The molecule has 0 bridgehead atoms. The molecule has 5 heteroatoms. The quantitative estimate of drug-likeness (QED) is 0.407. The maximum absolute atomic E-state index is 10.4. The molecule has 0 spiro atoms. The van der Waals surface area contributed by atoms with Gasteiger partial charge in [-0.2, -0.15) is 0 Å². The minimum atomic E-state index is -1.56. The molecule has 1 aliphatic heterocycles. The van der Waals surface area contributed by atoms with E-state index in [2.05, 4.69) is 10.1 Å². The molecular weight excluding hydrogens is 138 g/mol. The fourth-order valence-electron chi connectivity index (χ4n) is 0.764. The van der Waals surface area contributed by atoms with Gasteiger partial charge < -0.3 is 20.3 Å². The lowest BCUT2D eigenvalue weighted by molar-refractivity contribution is -0.130. The van der Waals surface area contributed by atoms with Gasteiger partial charge >= 0.3 is 6.09 Å². The van der Waals surface area contributed by atoms with Gasteiger partial charge in [-0.25, -0.2) is 4.79 Å². The Morgan fingerprint density at radius 3 is 2.80 bits per heavy atom. The lowest BCUT2D eigenvalue weighted by Crippen LogP contribution is -2.43. The van der Waals surface area contributed by atoms with Crippen LogP contribution in [0, 0.1) is 0 Å². The summed E-state index contributed by atoms with van der Waals surface area (Å²) in [7, 11) is 0. The first-order valence-corrected chi connectivity index (χ1v) is 3.01. The second-order valence-electron chi connectivity index (χ2n) is 2.07. The number of alkyl carbamates (subject to hydrolysis) is 1. The maximum Gasteiger partial charge on any atom is 0.407 e. The molecule has 1 saturated heterocycles. The second kappa shape index (κ2) is 2.85. The standard InChI is InChI=1S/C5H9NO4/c7-4(8)3-1-2-6-5(9)10-3/h3-4,7-8H,1-2H2,(H,6,9). The minimum absolute atomic E-state index is 0.432. The molecule has 0 aromatic heterocycles. The van der Waals surface area contributed by atoms with Gasteiger partial charge in [-0.15, -0.1) is 0 Å². The van der Waals surface area contributed by atoms with Crippen LogP contribution in [0.25, 0.3) is 0 Å². The molecule has 0 aromatic rings. The predicted octanol–water partition coefficient (Wildman–Crippen LogP) is -1.20. The number of nitrogens with one attached hydrogen (secondary N) is 1. The van der Waals surface area contributed by atoms with Gasteiger partial charge in [-0.1, -0.05) is 0 Å². The average molecular weight is 147 g/mol. The molecule has 1 aliphatic rings. The molecule has 3 N–H and O–H groups in total. The lowest BCUT2D eigenvalue weighted by atomic mass is 10.2. The first-order valence-electron chi connectivity index (χ1n) is 3.01. The number of hydrogen-bond donors (Lipinski definition) is 3. The Morgan fingerprint density at radius 1 is 1.70 bits per heavy atom. The summed E-state index contributed by atoms with van der Waals surface area (Å²) in [4.78, 5) is 10.4. The van der Waals surface area contributed by atoms with Crippen molar-refractivity contribution in [3.63, 3.8) is 0 Å². The van der Waals surface area contributed by atoms with Gasteiger partial charge in [-0.05, 0) is 0 Å². The predicted molar refractivity (Wildman–Crippen MR) is 31.1 cm³/mol. The summed E-state index contributed by atoms with van der Waals surface area (Å²) in [6.45, 7) is 0.432. The highest BCUT2D eigenvalue weighted by Gasteiger charge is 2.24. The first-order chi connectivity index (χ1) is 4.70. The van der Waals surface area contributed by atoms with Gasteiger partial charge in [0.2, 0.25) is 0 Å². The van der Waals surface area contributed by atoms with Crippen molar-refractivity contribution in [3.8, 4) is 0 Å². The number of cyclic esters (lactones) is 1. The highest BCUT2D eigenvalue weighted by atomic mass is 16.6. The largest absolute Gasteiger partial charge is 0.441 e. The number of rotatable bonds is 1. The maximum atomic E-state index is 10.4. The molecule has 10 heavy (non-hydrogen) atoms. The number of aliphatic hydroxyl groups excluding tert-OH is 1. The molecule has 1 amide bonds. The molecule has 1 fully saturated rings. The van der Waals surface area contributed by atoms with Gasteiger partial charge in [0.25, 0.3) is 0 Å². The van der Waals surface area contributed by atoms with Crippen molar-refractivity contribution >= 4 is 6.09 Å². The van der Waals surface area contributed by atoms with Crippen LogP contribution >= 0.6 is 0 Å². The van der Waals surface area contributed by atoms with Crippen molar-refractivity contribution in [1.82, 2.24) is 5.32 Å². The Balaban J connectivity index is 2.39. The summed E-state index contributed by atoms with van der Waals surface area (Å²) >= 11 is 0. The summed E-state index contributed by atoms with van der Waals surface area (Å²) in [5.41, 5.74) is 0. The summed E-state index contributed by atoms with van der Waals surface area (Å²) < 4.78 is 4.50. The van der Waals surface area contributed by atoms with E-state index in [4.69, 9.17) is 10.2 Å². The third-order valence-electron chi connectivity index (χ3n) is 1.29. The minimum Gasteiger partial charge on any atom is -0.441 e. The third kappa shape index (κ3) is 1.58. The molecule has 0 aromatic carbocycles. The Labute approximate surface area is 57.6 Å². The zero-order chi connectivity index (χ0) is 7.56. The zero-order valence-electron chi connectivity index (χ0n) is 5.28. The van der Waals surface area contributed by atoms with E-state index >= 15 is 0 Å². The average Bonchev–Trinajstić information content (AvgIpc) is 1.88. The van der Waals surface area contributed by atoms with E-state index < -0.39 is 18.5 Å². The number of aliphatic hydroxyl groups is 2. The molecule has 1 heterocycles. The molecule has 0 saturated carbocycles. The fraction of sp³-hybridized carbons (Fsp3) is 0.800. The second-order valence-corrected chi connectivity index (χ2v) is 2.07. The molecule has 58 valence electrons. The molecule has 0 aliphatic carbocycles. The first kappa shape index (κ1) is 7.30. The van der Waals surface area contributed by atoms with Crippen LogP contribution in [0.4, 0.5) is 4.79 Å². The summed E-state index contributed by atoms with van der Waals surface area (Å²) in [5.74, 6) is 0. The zero-order valence-corrected chi connectivity index (χ0v) is 5.28. The van der Waals surface area contributed by atoms with E-state index in [-0.39, 0.29) is 0 Å². The highest BCUT2D eigenvalue weighted by molar-refractivity contribution is 5.68. The number of carbonyl (C=O) groups excluding carboxylic acids is 1. The van der Waals surface area contributed by atoms with Gasteiger partial charge in [0.1, 0.15) is 0 Å². The lowest BCUT2D eigenvalue weighted by Gasteiger charge is -2.23. The van der Waals surface area contributed by atoms with Crippen molar-refractivity contribution in [1.29, 1.82) is 0 Å². The van der Waals surface area contributed by atoms with Gasteiger partial charge in [0.15, 0.2) is 12.4 Å². The Kier molecular flexibility index (Phi) is 2.08. The molecule has 1 unspecified atom stereocenters. The van der Waals surface area contributed by atoms with E-state index in [0.717, 1.165) is 0 Å². The number of ether oxygens (including phenoxy) is 1. The van der Waals surface area contributed by atoms with Crippen molar-refractivity contribution in [2.24, 2.45) is 0 Å². The van der Waals surface area contributed by atoms with Gasteiger partial charge in [-0.3, -0.25) is 0 Å². The normalized spacial score (nSPS) is 25.9. The van der Waals surface area contributed by atoms with Gasteiger partial charge in [0.05, 0.1) is 0 Å². The monoisotopic (exact) mass is 147 g/mol. The molecule has 0 radical (unpaired) electrons. The van der Waals surface area contributed by atoms with Crippen molar-refractivity contribution in [3.05, 3.63) is 0 Å². The van der Waals surface area contributed by atoms with Crippen LogP contribution in [-0.4, -0.2) is 35.2 Å². The summed E-state index contributed by atoms with van der Waals surface area (Å²) in [5, 5.41) is 19.5. The van der Waals surface area contributed by atoms with Gasteiger partial charge in [0, 0.05) is 13.0 Å². The van der Waals surface area contributed by atoms with Crippen LogP contribution in [0.5, 0.6) is 0 Å². The van der Waals surface area contributed by atoms with Crippen LogP contribution in [0.1, 0.15) is 6.42 Å². The topological polar surface area (TPSA) is 78.8 Å². The smallest absolute Gasteiger partial charge is 0.407 e. The van der Waals surface area contributed by atoms with Crippen LogP contribution < -0.4 is 5.32 Å². The number of hydrogen-bond acceptors (Lipinski definition) is 4. The van der Waals surface area contributed by atoms with Crippen molar-refractivity contribution in [2.75, 3.05) is 6.54 Å². The summed E-state index contributed by atoms with van der Waals surface area (Å²) in [6, 6.07) is 0. The summed E-state index contributed by atoms with van der Waals surface area (Å²) in [6.07, 6.45) is -2.49. The Bertz CT molecular complexity index is 136. The molecule has 5 nitrogen and oxygen atoms in total. The van der Waals surface area contributed by atoms with Crippen molar-refractivity contribution < 1.29 is 19.7 Å². The molecular formula is C5H9NO4. The fourth-order valence-corrected chi connectivity index (χ4v) is 0.764. The van der Waals surface area contributed by atoms with E-state index in [1.165, 1.54) is 0 Å². The van der Waals surface area contributed by atoms with Crippen LogP contribution in [0.15, 0.2) is 0 Å². The van der Waals surface area contributed by atoms with Crippen molar-refractivity contribution in [2.45, 2.75) is 18.8 Å².